The van der Waals surface area contributed by atoms with Crippen LogP contribution in [0, 0.1) is 24.6 Å². The Bertz CT molecular complexity index is 1050. The molecule has 2 aromatic rings. The molecule has 5 nitrogen and oxygen atoms in total. The number of Topliss-reactive ketones (excluding diaryl/α,β-unsaturated/α-hetero) is 1. The van der Waals surface area contributed by atoms with Crippen molar-refractivity contribution in [3.05, 3.63) is 58.1 Å². The van der Waals surface area contributed by atoms with Gasteiger partial charge in [-0.3, -0.25) is 14.5 Å². The summed E-state index contributed by atoms with van der Waals surface area (Å²) in [7, 11) is 0. The SMILES string of the molecule is Cc1csc(N2C(=O)C3=C(C(=O)C4CC(C)CCC4O3)C2c2cccc(F)c2)n1. The molecule has 7 heteroatoms. The smallest absolute Gasteiger partial charge is 0.296 e. The van der Waals surface area contributed by atoms with Gasteiger partial charge in [0.1, 0.15) is 11.9 Å². The van der Waals surface area contributed by atoms with Gasteiger partial charge in [-0.15, -0.1) is 11.3 Å². The van der Waals surface area contributed by atoms with E-state index >= 15 is 0 Å². The van der Waals surface area contributed by atoms with Crippen LogP contribution in [0.1, 0.15) is 43.5 Å². The van der Waals surface area contributed by atoms with Crippen molar-refractivity contribution < 1.29 is 18.7 Å². The molecule has 1 saturated carbocycles. The molecule has 1 aromatic carbocycles. The van der Waals surface area contributed by atoms with Crippen LogP contribution in [0.25, 0.3) is 0 Å². The second kappa shape index (κ2) is 6.76. The Labute approximate surface area is 172 Å². The van der Waals surface area contributed by atoms with E-state index in [0.29, 0.717) is 22.2 Å². The number of aryl methyl sites for hydroxylation is 1. The molecule has 0 spiro atoms. The molecule has 4 unspecified atom stereocenters. The molecule has 0 bridgehead atoms. The fourth-order valence-corrected chi connectivity index (χ4v) is 5.55. The van der Waals surface area contributed by atoms with Crippen molar-refractivity contribution in [2.24, 2.45) is 11.8 Å². The van der Waals surface area contributed by atoms with E-state index in [9.17, 15) is 14.0 Å². The van der Waals surface area contributed by atoms with Crippen molar-refractivity contribution in [2.75, 3.05) is 4.90 Å². The summed E-state index contributed by atoms with van der Waals surface area (Å²) in [5.74, 6) is -0.511. The molecule has 5 rings (SSSR count). The number of ketones is 1. The summed E-state index contributed by atoms with van der Waals surface area (Å²) in [4.78, 5) is 32.9. The molecule has 1 aliphatic carbocycles. The summed E-state index contributed by atoms with van der Waals surface area (Å²) in [6.07, 6.45) is 2.24. The van der Waals surface area contributed by atoms with Gasteiger partial charge in [0.25, 0.3) is 5.91 Å². The first-order chi connectivity index (χ1) is 13.9. The van der Waals surface area contributed by atoms with Crippen molar-refractivity contribution in [2.45, 2.75) is 45.3 Å². The lowest BCUT2D eigenvalue weighted by Crippen LogP contribution is -2.41. The summed E-state index contributed by atoms with van der Waals surface area (Å²) in [5.41, 5.74) is 1.69. The van der Waals surface area contributed by atoms with Gasteiger partial charge in [-0.05, 0) is 49.8 Å². The highest BCUT2D eigenvalue weighted by Crippen LogP contribution is 2.49. The number of halogens is 1. The molecule has 2 aliphatic heterocycles. The van der Waals surface area contributed by atoms with Crippen molar-refractivity contribution >= 4 is 28.2 Å². The minimum atomic E-state index is -0.718. The molecule has 3 heterocycles. The summed E-state index contributed by atoms with van der Waals surface area (Å²) in [5, 5.41) is 2.34. The number of amides is 1. The van der Waals surface area contributed by atoms with Crippen LogP contribution in [-0.2, 0) is 14.3 Å². The summed E-state index contributed by atoms with van der Waals surface area (Å²) in [6.45, 7) is 3.99. The highest BCUT2D eigenvalue weighted by atomic mass is 32.1. The molecular weight excluding hydrogens is 391 g/mol. The molecule has 3 aliphatic rings. The maximum Gasteiger partial charge on any atom is 0.296 e. The molecule has 1 fully saturated rings. The fraction of sp³-hybridized carbons (Fsp3) is 0.409. The van der Waals surface area contributed by atoms with Crippen LogP contribution in [0.3, 0.4) is 0 Å². The van der Waals surface area contributed by atoms with Gasteiger partial charge in [-0.2, -0.15) is 0 Å². The van der Waals surface area contributed by atoms with Gasteiger partial charge in [-0.1, -0.05) is 19.1 Å². The highest BCUT2D eigenvalue weighted by Gasteiger charge is 2.53. The molecule has 0 radical (unpaired) electrons. The zero-order valence-corrected chi connectivity index (χ0v) is 17.0. The Morgan fingerprint density at radius 1 is 1.28 bits per heavy atom. The quantitative estimate of drug-likeness (QED) is 0.736. The minimum Gasteiger partial charge on any atom is -0.483 e. The first kappa shape index (κ1) is 18.5. The van der Waals surface area contributed by atoms with Gasteiger partial charge in [0.15, 0.2) is 16.7 Å². The normalized spacial score (nSPS) is 29.0. The van der Waals surface area contributed by atoms with Crippen molar-refractivity contribution in [3.63, 3.8) is 0 Å². The predicted molar refractivity (Wildman–Crippen MR) is 107 cm³/mol. The Morgan fingerprint density at radius 3 is 2.83 bits per heavy atom. The zero-order valence-electron chi connectivity index (χ0n) is 16.2. The number of hydrogen-bond donors (Lipinski definition) is 0. The topological polar surface area (TPSA) is 59.5 Å². The van der Waals surface area contributed by atoms with Crippen LogP contribution < -0.4 is 4.90 Å². The molecule has 0 N–H and O–H groups in total. The average molecular weight is 412 g/mol. The largest absolute Gasteiger partial charge is 0.483 e. The van der Waals surface area contributed by atoms with Gasteiger partial charge in [0, 0.05) is 5.38 Å². The van der Waals surface area contributed by atoms with E-state index in [1.807, 2.05) is 12.3 Å². The fourth-order valence-electron chi connectivity index (χ4n) is 4.72. The van der Waals surface area contributed by atoms with E-state index in [0.717, 1.165) is 25.0 Å². The number of anilines is 1. The van der Waals surface area contributed by atoms with Gasteiger partial charge in [-0.25, -0.2) is 9.37 Å². The van der Waals surface area contributed by atoms with Crippen LogP contribution in [-0.4, -0.2) is 22.8 Å². The van der Waals surface area contributed by atoms with E-state index in [1.54, 1.807) is 12.1 Å². The number of carbonyl (C=O) groups is 2. The molecule has 1 aromatic heterocycles. The number of rotatable bonds is 2. The molecule has 29 heavy (non-hydrogen) atoms. The van der Waals surface area contributed by atoms with E-state index < -0.39 is 11.9 Å². The van der Waals surface area contributed by atoms with Gasteiger partial charge in [0.2, 0.25) is 0 Å². The first-order valence-electron chi connectivity index (χ1n) is 9.90. The first-order valence-corrected chi connectivity index (χ1v) is 10.8. The Hall–Kier alpha value is -2.54. The molecular formula is C22H21FN2O3S. The third kappa shape index (κ3) is 2.90. The van der Waals surface area contributed by atoms with Gasteiger partial charge >= 0.3 is 0 Å². The number of ether oxygens (including phenoxy) is 1. The lowest BCUT2D eigenvalue weighted by atomic mass is 9.74. The number of nitrogens with zero attached hydrogens (tertiary/aromatic N) is 2. The monoisotopic (exact) mass is 412 g/mol. The van der Waals surface area contributed by atoms with E-state index in [4.69, 9.17) is 4.74 Å². The maximum absolute atomic E-state index is 14.0. The van der Waals surface area contributed by atoms with Crippen molar-refractivity contribution in [1.29, 1.82) is 0 Å². The van der Waals surface area contributed by atoms with Crippen LogP contribution in [0.15, 0.2) is 41.0 Å². The van der Waals surface area contributed by atoms with Crippen molar-refractivity contribution in [1.82, 2.24) is 4.98 Å². The van der Waals surface area contributed by atoms with Crippen LogP contribution in [0.5, 0.6) is 0 Å². The number of benzene rings is 1. The Balaban J connectivity index is 1.65. The van der Waals surface area contributed by atoms with Gasteiger partial charge < -0.3 is 4.74 Å². The molecule has 1 amide bonds. The predicted octanol–water partition coefficient (Wildman–Crippen LogP) is 4.34. The average Bonchev–Trinajstić information content (AvgIpc) is 3.24. The third-order valence-corrected chi connectivity index (χ3v) is 7.04. The van der Waals surface area contributed by atoms with Gasteiger partial charge in [0.05, 0.1) is 23.2 Å². The standard InChI is InChI=1S/C22H21FN2O3S/c1-11-6-7-16-15(8-11)19(26)17-18(13-4-3-5-14(23)9-13)25(21(27)20(17)28-16)22-24-12(2)10-29-22/h3-5,9-11,15-16,18H,6-8H2,1-2H3. The van der Waals surface area contributed by atoms with Crippen LogP contribution in [0.4, 0.5) is 9.52 Å². The highest BCUT2D eigenvalue weighted by molar-refractivity contribution is 7.14. The zero-order chi connectivity index (χ0) is 20.3. The third-order valence-electron chi connectivity index (χ3n) is 6.09. The second-order valence-corrected chi connectivity index (χ2v) is 9.03. The summed E-state index contributed by atoms with van der Waals surface area (Å²) >= 11 is 1.33. The summed E-state index contributed by atoms with van der Waals surface area (Å²) < 4.78 is 20.2. The number of thiazole rings is 1. The maximum atomic E-state index is 14.0. The number of hydrogen-bond acceptors (Lipinski definition) is 5. The Morgan fingerprint density at radius 2 is 2.10 bits per heavy atom. The molecule has 150 valence electrons. The molecule has 4 atom stereocenters. The number of aromatic nitrogens is 1. The van der Waals surface area contributed by atoms with Crippen LogP contribution >= 0.6 is 11.3 Å². The number of carbonyl (C=O) groups excluding carboxylic acids is 2. The molecule has 0 saturated heterocycles. The minimum absolute atomic E-state index is 0.0406. The second-order valence-electron chi connectivity index (χ2n) is 8.19. The summed E-state index contributed by atoms with van der Waals surface area (Å²) in [6, 6.07) is 5.35. The van der Waals surface area contributed by atoms with E-state index in [-0.39, 0.29) is 29.5 Å². The Kier molecular flexibility index (Phi) is 4.31. The lowest BCUT2D eigenvalue weighted by molar-refractivity contribution is -0.132. The van der Waals surface area contributed by atoms with E-state index in [1.165, 1.54) is 28.4 Å². The van der Waals surface area contributed by atoms with Crippen LogP contribution in [0.2, 0.25) is 0 Å². The lowest BCUT2D eigenvalue weighted by Gasteiger charge is -2.37. The number of fused-ring (bicyclic) bond motifs is 1. The van der Waals surface area contributed by atoms with E-state index in [2.05, 4.69) is 11.9 Å². The van der Waals surface area contributed by atoms with Crippen molar-refractivity contribution in [3.8, 4) is 0 Å².